The Morgan fingerprint density at radius 1 is 1.21 bits per heavy atom. The lowest BCUT2D eigenvalue weighted by molar-refractivity contribution is 0.101. The lowest BCUT2D eigenvalue weighted by Crippen LogP contribution is -2.00. The van der Waals surface area contributed by atoms with Crippen molar-refractivity contribution in [3.05, 3.63) is 52.5 Å². The molecule has 3 rings (SSSR count). The van der Waals surface area contributed by atoms with Crippen molar-refractivity contribution < 1.29 is 4.79 Å². The van der Waals surface area contributed by atoms with Crippen molar-refractivity contribution in [2.75, 3.05) is 0 Å². The first-order valence-corrected chi connectivity index (χ1v) is 6.57. The van der Waals surface area contributed by atoms with E-state index in [9.17, 15) is 4.79 Å². The number of carbonyl (C=O) groups is 1. The summed E-state index contributed by atoms with van der Waals surface area (Å²) >= 11 is 3.48. The number of aromatic nitrogens is 3. The molecule has 1 heterocycles. The van der Waals surface area contributed by atoms with Gasteiger partial charge in [0, 0.05) is 10.0 Å². The van der Waals surface area contributed by atoms with Gasteiger partial charge in [0.15, 0.2) is 5.78 Å². The minimum atomic E-state index is 0.0377. The minimum Gasteiger partial charge on any atom is -0.295 e. The van der Waals surface area contributed by atoms with Gasteiger partial charge in [-0.2, -0.15) is 0 Å². The summed E-state index contributed by atoms with van der Waals surface area (Å²) in [4.78, 5) is 11.4. The highest BCUT2D eigenvalue weighted by atomic mass is 79.9. The van der Waals surface area contributed by atoms with Crippen LogP contribution in [0.1, 0.15) is 17.3 Å². The summed E-state index contributed by atoms with van der Waals surface area (Å²) in [5.41, 5.74) is 3.29. The van der Waals surface area contributed by atoms with Crippen molar-refractivity contribution in [1.29, 1.82) is 0 Å². The second kappa shape index (κ2) is 4.59. The van der Waals surface area contributed by atoms with E-state index in [2.05, 4.69) is 26.2 Å². The summed E-state index contributed by atoms with van der Waals surface area (Å²) in [6.45, 7) is 1.55. The van der Waals surface area contributed by atoms with E-state index < -0.39 is 0 Å². The van der Waals surface area contributed by atoms with Crippen molar-refractivity contribution in [3.63, 3.8) is 0 Å². The summed E-state index contributed by atoms with van der Waals surface area (Å²) in [5.74, 6) is 0.0377. The number of fused-ring (bicyclic) bond motifs is 1. The average Bonchev–Trinajstić information content (AvgIpc) is 2.82. The molecule has 0 saturated heterocycles. The van der Waals surface area contributed by atoms with Crippen LogP contribution in [0.4, 0.5) is 0 Å². The molecule has 0 N–H and O–H groups in total. The van der Waals surface area contributed by atoms with Crippen LogP contribution in [0, 0.1) is 0 Å². The number of ketones is 1. The van der Waals surface area contributed by atoms with Crippen molar-refractivity contribution >= 4 is 32.7 Å². The van der Waals surface area contributed by atoms with Crippen LogP contribution in [0.2, 0.25) is 0 Å². The smallest absolute Gasteiger partial charge is 0.159 e. The first-order valence-electron chi connectivity index (χ1n) is 5.78. The molecule has 94 valence electrons. The molecule has 4 nitrogen and oxygen atoms in total. The number of benzene rings is 2. The van der Waals surface area contributed by atoms with Gasteiger partial charge in [-0.05, 0) is 53.2 Å². The van der Waals surface area contributed by atoms with Gasteiger partial charge < -0.3 is 0 Å². The number of Topliss-reactive ketones (excluding diaryl/α,β-unsaturated/α-hetero) is 1. The monoisotopic (exact) mass is 315 g/mol. The molecular formula is C14H10BrN3O. The van der Waals surface area contributed by atoms with Crippen molar-refractivity contribution in [2.24, 2.45) is 0 Å². The van der Waals surface area contributed by atoms with Crippen LogP contribution in [0.25, 0.3) is 16.7 Å². The van der Waals surface area contributed by atoms with Gasteiger partial charge in [0.05, 0.1) is 11.2 Å². The maximum atomic E-state index is 11.4. The number of carbonyl (C=O) groups excluding carboxylic acids is 1. The average molecular weight is 316 g/mol. The number of hydrogen-bond acceptors (Lipinski definition) is 3. The fourth-order valence-corrected chi connectivity index (χ4v) is 2.49. The van der Waals surface area contributed by atoms with Gasteiger partial charge in [0.1, 0.15) is 5.52 Å². The van der Waals surface area contributed by atoms with Gasteiger partial charge in [-0.1, -0.05) is 17.3 Å². The second-order valence-corrected chi connectivity index (χ2v) is 5.07. The van der Waals surface area contributed by atoms with Crippen molar-refractivity contribution in [2.45, 2.75) is 6.92 Å². The summed E-state index contributed by atoms with van der Waals surface area (Å²) in [5, 5.41) is 8.27. The Bertz CT molecular complexity index is 779. The van der Waals surface area contributed by atoms with Gasteiger partial charge in [-0.3, -0.25) is 4.79 Å². The highest BCUT2D eigenvalue weighted by Crippen LogP contribution is 2.25. The van der Waals surface area contributed by atoms with Crippen LogP contribution < -0.4 is 0 Å². The molecule has 5 heteroatoms. The summed E-state index contributed by atoms with van der Waals surface area (Å²) in [7, 11) is 0. The van der Waals surface area contributed by atoms with Gasteiger partial charge in [-0.25, -0.2) is 4.68 Å². The molecule has 0 bridgehead atoms. The molecule has 0 aliphatic rings. The normalized spacial score (nSPS) is 10.8. The SMILES string of the molecule is CC(=O)c1ccc(-n2nnc3ccccc32)c(Br)c1. The third-order valence-corrected chi connectivity index (χ3v) is 3.57. The maximum Gasteiger partial charge on any atom is 0.159 e. The molecule has 2 aromatic carbocycles. The van der Waals surface area contributed by atoms with Crippen LogP contribution in [0.5, 0.6) is 0 Å². The standard InChI is InChI=1S/C14H10BrN3O/c1-9(19)10-6-7-13(11(15)8-10)18-14-5-3-2-4-12(14)16-17-18/h2-8H,1H3. The quantitative estimate of drug-likeness (QED) is 0.681. The first-order chi connectivity index (χ1) is 9.16. The van der Waals surface area contributed by atoms with E-state index in [1.807, 2.05) is 30.3 Å². The molecule has 1 aromatic heterocycles. The third kappa shape index (κ3) is 2.06. The van der Waals surface area contributed by atoms with Gasteiger partial charge >= 0.3 is 0 Å². The predicted molar refractivity (Wildman–Crippen MR) is 76.6 cm³/mol. The second-order valence-electron chi connectivity index (χ2n) is 4.21. The molecule has 0 spiro atoms. The van der Waals surface area contributed by atoms with E-state index in [1.165, 1.54) is 0 Å². The lowest BCUT2D eigenvalue weighted by Gasteiger charge is -2.06. The van der Waals surface area contributed by atoms with Crippen LogP contribution in [0.3, 0.4) is 0 Å². The molecule has 19 heavy (non-hydrogen) atoms. The minimum absolute atomic E-state index is 0.0377. The Balaban J connectivity index is 2.19. The molecule has 0 aliphatic carbocycles. The van der Waals surface area contributed by atoms with E-state index in [-0.39, 0.29) is 5.78 Å². The molecule has 0 amide bonds. The van der Waals surface area contributed by atoms with Crippen LogP contribution >= 0.6 is 15.9 Å². The Morgan fingerprint density at radius 2 is 2.00 bits per heavy atom. The van der Waals surface area contributed by atoms with E-state index >= 15 is 0 Å². The van der Waals surface area contributed by atoms with E-state index in [4.69, 9.17) is 0 Å². The van der Waals surface area contributed by atoms with E-state index in [0.717, 1.165) is 21.2 Å². The first kappa shape index (κ1) is 12.0. The van der Waals surface area contributed by atoms with Crippen LogP contribution in [0.15, 0.2) is 46.9 Å². The Hall–Kier alpha value is -2.01. The Morgan fingerprint density at radius 3 is 2.74 bits per heavy atom. The molecule has 3 aromatic rings. The topological polar surface area (TPSA) is 47.8 Å². The zero-order valence-electron chi connectivity index (χ0n) is 10.2. The van der Waals surface area contributed by atoms with Crippen molar-refractivity contribution in [3.8, 4) is 5.69 Å². The molecule has 0 saturated carbocycles. The molecule has 0 unspecified atom stereocenters. The number of hydrogen-bond donors (Lipinski definition) is 0. The zero-order valence-corrected chi connectivity index (χ0v) is 11.8. The third-order valence-electron chi connectivity index (χ3n) is 2.93. The number of halogens is 1. The van der Waals surface area contributed by atoms with Gasteiger partial charge in [-0.15, -0.1) is 5.10 Å². The highest BCUT2D eigenvalue weighted by Gasteiger charge is 2.10. The molecule has 0 fully saturated rings. The van der Waals surface area contributed by atoms with Gasteiger partial charge in [0.2, 0.25) is 0 Å². The fraction of sp³-hybridized carbons (Fsp3) is 0.0714. The zero-order chi connectivity index (χ0) is 13.4. The Kier molecular flexibility index (Phi) is 2.91. The van der Waals surface area contributed by atoms with E-state index in [0.29, 0.717) is 5.56 Å². The number of nitrogens with zero attached hydrogens (tertiary/aromatic N) is 3. The molecule has 0 aliphatic heterocycles. The predicted octanol–water partition coefficient (Wildman–Crippen LogP) is 3.39. The van der Waals surface area contributed by atoms with Crippen molar-refractivity contribution in [1.82, 2.24) is 15.0 Å². The van der Waals surface area contributed by atoms with Crippen LogP contribution in [-0.2, 0) is 0 Å². The Labute approximate surface area is 118 Å². The summed E-state index contributed by atoms with van der Waals surface area (Å²) in [6, 6.07) is 13.2. The summed E-state index contributed by atoms with van der Waals surface area (Å²) < 4.78 is 2.57. The number of para-hydroxylation sites is 1. The lowest BCUT2D eigenvalue weighted by atomic mass is 10.1. The van der Waals surface area contributed by atoms with E-state index in [1.54, 1.807) is 23.7 Å². The highest BCUT2D eigenvalue weighted by molar-refractivity contribution is 9.10. The molecular weight excluding hydrogens is 306 g/mol. The maximum absolute atomic E-state index is 11.4. The largest absolute Gasteiger partial charge is 0.295 e. The summed E-state index contributed by atoms with van der Waals surface area (Å²) in [6.07, 6.45) is 0. The molecule has 0 radical (unpaired) electrons. The molecule has 0 atom stereocenters. The van der Waals surface area contributed by atoms with Crippen LogP contribution in [-0.4, -0.2) is 20.8 Å². The fourth-order valence-electron chi connectivity index (χ4n) is 1.94. The number of rotatable bonds is 2. The van der Waals surface area contributed by atoms with Gasteiger partial charge in [0.25, 0.3) is 0 Å².